The van der Waals surface area contributed by atoms with E-state index in [0.29, 0.717) is 16.9 Å². The van der Waals surface area contributed by atoms with E-state index in [0.717, 1.165) is 35.5 Å². The molecular weight excluding hydrogens is 346 g/mol. The van der Waals surface area contributed by atoms with Gasteiger partial charge in [0.25, 0.3) is 0 Å². The van der Waals surface area contributed by atoms with Crippen LogP contribution in [0.1, 0.15) is 42.9 Å². The summed E-state index contributed by atoms with van der Waals surface area (Å²) in [4.78, 5) is 14.5. The molecule has 1 saturated carbocycles. The van der Waals surface area contributed by atoms with Gasteiger partial charge in [-0.05, 0) is 30.9 Å². The first-order chi connectivity index (χ1) is 11.2. The third kappa shape index (κ3) is 4.83. The highest BCUT2D eigenvalue weighted by Crippen LogP contribution is 2.38. The highest BCUT2D eigenvalue weighted by Gasteiger charge is 2.24. The van der Waals surface area contributed by atoms with Crippen LogP contribution < -0.4 is 0 Å². The van der Waals surface area contributed by atoms with Crippen molar-refractivity contribution < 1.29 is 4.79 Å². The van der Waals surface area contributed by atoms with Crippen molar-refractivity contribution in [2.45, 2.75) is 42.6 Å². The zero-order chi connectivity index (χ0) is 16.1. The predicted octanol–water partition coefficient (Wildman–Crippen LogP) is 5.02. The third-order valence-corrected chi connectivity index (χ3v) is 7.70. The molecule has 3 rings (SSSR count). The molecule has 1 aromatic carbocycles. The summed E-state index contributed by atoms with van der Waals surface area (Å²) >= 11 is 10.1. The van der Waals surface area contributed by atoms with Crippen LogP contribution in [0.5, 0.6) is 0 Å². The fraction of sp³-hybridized carbons (Fsp3) is 0.611. The Morgan fingerprint density at radius 1 is 1.22 bits per heavy atom. The van der Waals surface area contributed by atoms with Gasteiger partial charge < -0.3 is 4.90 Å². The van der Waals surface area contributed by atoms with Crippen molar-refractivity contribution in [3.8, 4) is 0 Å². The molecule has 1 aliphatic heterocycles. The number of hydrogen-bond acceptors (Lipinski definition) is 3. The quantitative estimate of drug-likeness (QED) is 0.742. The second kappa shape index (κ2) is 8.68. The van der Waals surface area contributed by atoms with Crippen molar-refractivity contribution in [1.82, 2.24) is 4.90 Å². The maximum absolute atomic E-state index is 12.5. The van der Waals surface area contributed by atoms with E-state index in [4.69, 9.17) is 11.6 Å². The maximum atomic E-state index is 12.5. The molecule has 23 heavy (non-hydrogen) atoms. The van der Waals surface area contributed by atoms with E-state index >= 15 is 0 Å². The Morgan fingerprint density at radius 2 is 2.00 bits per heavy atom. The lowest BCUT2D eigenvalue weighted by atomic mass is 10.1. The van der Waals surface area contributed by atoms with E-state index in [-0.39, 0.29) is 0 Å². The average Bonchev–Trinajstić information content (AvgIpc) is 2.96. The van der Waals surface area contributed by atoms with Gasteiger partial charge in [0.1, 0.15) is 0 Å². The molecule has 1 amide bonds. The standard InChI is InChI=1S/C18H24ClNOS2/c19-16-8-4-3-7-15(16)17-9-10-20(11-12-22-17)18(21)13-23-14-5-1-2-6-14/h3-4,7-8,14,17H,1-2,5-6,9-13H2. The van der Waals surface area contributed by atoms with Crippen LogP contribution in [0.3, 0.4) is 0 Å². The number of rotatable bonds is 4. The van der Waals surface area contributed by atoms with Gasteiger partial charge in [-0.2, -0.15) is 11.8 Å². The van der Waals surface area contributed by atoms with Crippen LogP contribution in [0.2, 0.25) is 5.02 Å². The summed E-state index contributed by atoms with van der Waals surface area (Å²) in [6.07, 6.45) is 6.26. The van der Waals surface area contributed by atoms with Crippen LogP contribution in [-0.4, -0.2) is 40.7 Å². The Hall–Kier alpha value is -0.320. The van der Waals surface area contributed by atoms with Crippen LogP contribution in [0, 0.1) is 0 Å². The molecule has 0 N–H and O–H groups in total. The molecule has 126 valence electrons. The number of thioether (sulfide) groups is 2. The van der Waals surface area contributed by atoms with E-state index in [1.807, 2.05) is 41.7 Å². The number of carbonyl (C=O) groups is 1. The first-order valence-corrected chi connectivity index (χ1v) is 11.0. The fourth-order valence-electron chi connectivity index (χ4n) is 3.34. The maximum Gasteiger partial charge on any atom is 0.232 e. The first-order valence-electron chi connectivity index (χ1n) is 8.49. The highest BCUT2D eigenvalue weighted by molar-refractivity contribution is 8.00. The number of carbonyl (C=O) groups excluding carboxylic acids is 1. The average molecular weight is 370 g/mol. The van der Waals surface area contributed by atoms with Gasteiger partial charge in [0, 0.05) is 34.4 Å². The normalized spacial score (nSPS) is 23.0. The van der Waals surface area contributed by atoms with Gasteiger partial charge in [0.15, 0.2) is 0 Å². The highest BCUT2D eigenvalue weighted by atomic mass is 35.5. The number of nitrogens with zero attached hydrogens (tertiary/aromatic N) is 1. The largest absolute Gasteiger partial charge is 0.341 e. The van der Waals surface area contributed by atoms with E-state index in [1.54, 1.807) is 0 Å². The van der Waals surface area contributed by atoms with Gasteiger partial charge in [0.05, 0.1) is 5.75 Å². The third-order valence-electron chi connectivity index (χ3n) is 4.69. The molecule has 1 atom stereocenters. The molecule has 1 heterocycles. The zero-order valence-electron chi connectivity index (χ0n) is 13.4. The summed E-state index contributed by atoms with van der Waals surface area (Å²) < 4.78 is 0. The second-order valence-electron chi connectivity index (χ2n) is 6.27. The molecule has 2 aliphatic rings. The van der Waals surface area contributed by atoms with Gasteiger partial charge in [0.2, 0.25) is 5.91 Å². The SMILES string of the molecule is O=C(CSC1CCCC1)N1CCSC(c2ccccc2Cl)CC1. The first kappa shape index (κ1) is 17.5. The minimum Gasteiger partial charge on any atom is -0.341 e. The van der Waals surface area contributed by atoms with Gasteiger partial charge in [-0.15, -0.1) is 11.8 Å². The summed E-state index contributed by atoms with van der Waals surface area (Å²) in [7, 11) is 0. The van der Waals surface area contributed by atoms with Gasteiger partial charge in [-0.3, -0.25) is 4.79 Å². The van der Waals surface area contributed by atoms with Crippen molar-refractivity contribution in [3.05, 3.63) is 34.9 Å². The van der Waals surface area contributed by atoms with Crippen molar-refractivity contribution >= 4 is 41.0 Å². The van der Waals surface area contributed by atoms with Crippen LogP contribution in [-0.2, 0) is 4.79 Å². The van der Waals surface area contributed by atoms with Crippen molar-refractivity contribution in [3.63, 3.8) is 0 Å². The van der Waals surface area contributed by atoms with Crippen LogP contribution >= 0.6 is 35.1 Å². The van der Waals surface area contributed by atoms with Crippen LogP contribution in [0.4, 0.5) is 0 Å². The number of benzene rings is 1. The van der Waals surface area contributed by atoms with Crippen molar-refractivity contribution in [1.29, 1.82) is 0 Å². The van der Waals surface area contributed by atoms with Gasteiger partial charge in [-0.1, -0.05) is 42.6 Å². The Bertz CT molecular complexity index is 534. The molecule has 0 aromatic heterocycles. The lowest BCUT2D eigenvalue weighted by Crippen LogP contribution is -2.34. The molecule has 1 unspecified atom stereocenters. The van der Waals surface area contributed by atoms with Crippen LogP contribution in [0.15, 0.2) is 24.3 Å². The smallest absolute Gasteiger partial charge is 0.232 e. The Kier molecular flexibility index (Phi) is 6.61. The summed E-state index contributed by atoms with van der Waals surface area (Å²) in [5.41, 5.74) is 1.22. The molecule has 1 aromatic rings. The Balaban J connectivity index is 1.51. The lowest BCUT2D eigenvalue weighted by Gasteiger charge is -2.21. The van der Waals surface area contributed by atoms with Gasteiger partial charge >= 0.3 is 0 Å². The van der Waals surface area contributed by atoms with Crippen molar-refractivity contribution in [2.24, 2.45) is 0 Å². The number of amides is 1. The molecule has 0 spiro atoms. The molecule has 2 fully saturated rings. The van der Waals surface area contributed by atoms with Crippen LogP contribution in [0.25, 0.3) is 0 Å². The number of hydrogen-bond donors (Lipinski definition) is 0. The number of halogens is 1. The van der Waals surface area contributed by atoms with E-state index in [2.05, 4.69) is 11.0 Å². The zero-order valence-corrected chi connectivity index (χ0v) is 15.8. The molecule has 1 aliphatic carbocycles. The van der Waals surface area contributed by atoms with Gasteiger partial charge in [-0.25, -0.2) is 0 Å². The predicted molar refractivity (Wildman–Crippen MR) is 103 cm³/mol. The molecule has 1 saturated heterocycles. The van der Waals surface area contributed by atoms with Crippen molar-refractivity contribution in [2.75, 3.05) is 24.6 Å². The monoisotopic (exact) mass is 369 g/mol. The molecular formula is C18H24ClNOS2. The molecule has 5 heteroatoms. The molecule has 0 radical (unpaired) electrons. The van der Waals surface area contributed by atoms with E-state index < -0.39 is 0 Å². The Labute approximate surface area is 152 Å². The minimum absolute atomic E-state index is 0.322. The molecule has 2 nitrogen and oxygen atoms in total. The van der Waals surface area contributed by atoms with E-state index in [9.17, 15) is 4.79 Å². The Morgan fingerprint density at radius 3 is 2.78 bits per heavy atom. The lowest BCUT2D eigenvalue weighted by molar-refractivity contribution is -0.128. The topological polar surface area (TPSA) is 20.3 Å². The summed E-state index contributed by atoms with van der Waals surface area (Å²) in [5.74, 6) is 1.98. The van der Waals surface area contributed by atoms with E-state index in [1.165, 1.54) is 31.2 Å². The summed E-state index contributed by atoms with van der Waals surface area (Å²) in [5, 5.41) is 1.97. The minimum atomic E-state index is 0.322. The summed E-state index contributed by atoms with van der Waals surface area (Å²) in [6.45, 7) is 1.72. The molecule has 0 bridgehead atoms. The summed E-state index contributed by atoms with van der Waals surface area (Å²) in [6, 6.07) is 8.11. The second-order valence-corrected chi connectivity index (χ2v) is 9.27. The fourth-order valence-corrected chi connectivity index (χ4v) is 6.17.